The van der Waals surface area contributed by atoms with Crippen molar-refractivity contribution in [1.29, 1.82) is 0 Å². The average Bonchev–Trinajstić information content (AvgIpc) is 2.89. The summed E-state index contributed by atoms with van der Waals surface area (Å²) in [5.74, 6) is 0. The molecule has 1 aromatic rings. The lowest BCUT2D eigenvalue weighted by Crippen LogP contribution is -2.31. The summed E-state index contributed by atoms with van der Waals surface area (Å²) >= 11 is 0. The van der Waals surface area contributed by atoms with Crippen LogP contribution < -0.4 is 5.32 Å². The summed E-state index contributed by atoms with van der Waals surface area (Å²) < 4.78 is 2.18. The molecular formula is C18H35N3. The van der Waals surface area contributed by atoms with Crippen LogP contribution in [0, 0.1) is 0 Å². The Labute approximate surface area is 131 Å². The zero-order valence-electron chi connectivity index (χ0n) is 14.6. The molecule has 1 heterocycles. The van der Waals surface area contributed by atoms with Gasteiger partial charge in [0.2, 0.25) is 0 Å². The van der Waals surface area contributed by atoms with E-state index in [-0.39, 0.29) is 0 Å². The van der Waals surface area contributed by atoms with E-state index in [0.29, 0.717) is 6.04 Å². The van der Waals surface area contributed by atoms with Gasteiger partial charge in [0.05, 0.1) is 5.69 Å². The van der Waals surface area contributed by atoms with Crippen LogP contribution in [0.25, 0.3) is 0 Å². The molecule has 1 rings (SSSR count). The third-order valence-electron chi connectivity index (χ3n) is 4.18. The molecule has 0 spiro atoms. The van der Waals surface area contributed by atoms with E-state index in [4.69, 9.17) is 0 Å². The van der Waals surface area contributed by atoms with Gasteiger partial charge in [-0.25, -0.2) is 0 Å². The molecule has 0 aliphatic rings. The van der Waals surface area contributed by atoms with Crippen molar-refractivity contribution < 1.29 is 0 Å². The molecule has 0 saturated carbocycles. The Hall–Kier alpha value is -0.830. The highest BCUT2D eigenvalue weighted by atomic mass is 15.3. The number of hydrogen-bond acceptors (Lipinski definition) is 2. The molecule has 0 fully saturated rings. The highest BCUT2D eigenvalue weighted by Crippen LogP contribution is 2.13. The Balaban J connectivity index is 2.50. The maximum Gasteiger partial charge on any atom is 0.0624 e. The number of nitrogens with zero attached hydrogens (tertiary/aromatic N) is 2. The van der Waals surface area contributed by atoms with Crippen molar-refractivity contribution in [3.63, 3.8) is 0 Å². The predicted molar refractivity (Wildman–Crippen MR) is 91.8 cm³/mol. The van der Waals surface area contributed by atoms with Crippen LogP contribution in [0.15, 0.2) is 6.07 Å². The Morgan fingerprint density at radius 1 is 1.10 bits per heavy atom. The molecule has 0 bridgehead atoms. The molecule has 1 atom stereocenters. The second-order valence-electron chi connectivity index (χ2n) is 5.96. The van der Waals surface area contributed by atoms with E-state index in [0.717, 1.165) is 25.9 Å². The SMILES string of the molecule is CCCCCCCC(Cc1cc(CC)nn1CC)NCC. The van der Waals surface area contributed by atoms with Crippen LogP contribution in [-0.4, -0.2) is 22.4 Å². The molecule has 122 valence electrons. The van der Waals surface area contributed by atoms with Crippen molar-refractivity contribution >= 4 is 0 Å². The van der Waals surface area contributed by atoms with Gasteiger partial charge in [-0.3, -0.25) is 4.68 Å². The first-order valence-corrected chi connectivity index (χ1v) is 9.04. The normalized spacial score (nSPS) is 12.8. The lowest BCUT2D eigenvalue weighted by Gasteiger charge is -2.18. The number of hydrogen-bond donors (Lipinski definition) is 1. The van der Waals surface area contributed by atoms with Gasteiger partial charge >= 0.3 is 0 Å². The standard InChI is InChI=1S/C18H35N3/c1-5-9-10-11-12-13-17(19-7-3)15-18-14-16(6-2)20-21(18)8-4/h14,17,19H,5-13,15H2,1-4H3. The Kier molecular flexibility index (Phi) is 9.40. The van der Waals surface area contributed by atoms with Gasteiger partial charge in [-0.1, -0.05) is 52.9 Å². The van der Waals surface area contributed by atoms with E-state index in [9.17, 15) is 0 Å². The topological polar surface area (TPSA) is 29.9 Å². The second kappa shape index (κ2) is 10.8. The van der Waals surface area contributed by atoms with Gasteiger partial charge in [-0.15, -0.1) is 0 Å². The largest absolute Gasteiger partial charge is 0.314 e. The average molecular weight is 293 g/mol. The molecule has 3 heteroatoms. The number of unbranched alkanes of at least 4 members (excludes halogenated alkanes) is 4. The fraction of sp³-hybridized carbons (Fsp3) is 0.833. The van der Waals surface area contributed by atoms with Crippen LogP contribution in [0.2, 0.25) is 0 Å². The Morgan fingerprint density at radius 3 is 2.48 bits per heavy atom. The van der Waals surface area contributed by atoms with Crippen molar-refractivity contribution in [2.24, 2.45) is 0 Å². The van der Waals surface area contributed by atoms with Crippen molar-refractivity contribution in [2.75, 3.05) is 6.54 Å². The van der Waals surface area contributed by atoms with Gasteiger partial charge in [0.25, 0.3) is 0 Å². The van der Waals surface area contributed by atoms with E-state index >= 15 is 0 Å². The van der Waals surface area contributed by atoms with Crippen LogP contribution in [0.3, 0.4) is 0 Å². The summed E-state index contributed by atoms with van der Waals surface area (Å²) in [6.07, 6.45) is 10.3. The van der Waals surface area contributed by atoms with Gasteiger partial charge in [0.1, 0.15) is 0 Å². The Bertz CT molecular complexity index is 371. The zero-order valence-corrected chi connectivity index (χ0v) is 14.6. The van der Waals surface area contributed by atoms with Gasteiger partial charge in [-0.2, -0.15) is 5.10 Å². The Morgan fingerprint density at radius 2 is 1.86 bits per heavy atom. The van der Waals surface area contributed by atoms with E-state index < -0.39 is 0 Å². The van der Waals surface area contributed by atoms with Crippen molar-refractivity contribution in [2.45, 2.75) is 91.6 Å². The highest BCUT2D eigenvalue weighted by molar-refractivity contribution is 5.12. The number of aromatic nitrogens is 2. The van der Waals surface area contributed by atoms with Crippen LogP contribution in [0.4, 0.5) is 0 Å². The van der Waals surface area contributed by atoms with Crippen LogP contribution in [0.5, 0.6) is 0 Å². The van der Waals surface area contributed by atoms with Gasteiger partial charge in [-0.05, 0) is 32.4 Å². The maximum atomic E-state index is 4.67. The third kappa shape index (κ3) is 6.64. The number of likely N-dealkylation sites (N-methyl/N-ethyl adjacent to an activating group) is 1. The van der Waals surface area contributed by atoms with Crippen molar-refractivity contribution in [3.8, 4) is 0 Å². The number of rotatable bonds is 12. The zero-order chi connectivity index (χ0) is 15.5. The first-order chi connectivity index (χ1) is 10.2. The van der Waals surface area contributed by atoms with E-state index in [2.05, 4.69) is 48.9 Å². The van der Waals surface area contributed by atoms with Crippen LogP contribution in [0.1, 0.15) is 77.6 Å². The first kappa shape index (κ1) is 18.2. The molecule has 0 aliphatic heterocycles. The molecule has 3 nitrogen and oxygen atoms in total. The minimum absolute atomic E-state index is 0.600. The van der Waals surface area contributed by atoms with E-state index in [1.807, 2.05) is 0 Å². The van der Waals surface area contributed by atoms with E-state index in [1.54, 1.807) is 0 Å². The first-order valence-electron chi connectivity index (χ1n) is 9.04. The van der Waals surface area contributed by atoms with Crippen LogP contribution >= 0.6 is 0 Å². The summed E-state index contributed by atoms with van der Waals surface area (Å²) in [5, 5.41) is 8.33. The summed E-state index contributed by atoms with van der Waals surface area (Å²) in [4.78, 5) is 0. The quantitative estimate of drug-likeness (QED) is 0.581. The van der Waals surface area contributed by atoms with Gasteiger partial charge in [0.15, 0.2) is 0 Å². The smallest absolute Gasteiger partial charge is 0.0624 e. The molecule has 1 N–H and O–H groups in total. The molecule has 0 aliphatic carbocycles. The minimum Gasteiger partial charge on any atom is -0.314 e. The lowest BCUT2D eigenvalue weighted by molar-refractivity contribution is 0.447. The number of aryl methyl sites for hydroxylation is 2. The molecular weight excluding hydrogens is 258 g/mol. The molecule has 0 radical (unpaired) electrons. The van der Waals surface area contributed by atoms with Gasteiger partial charge in [0, 0.05) is 24.7 Å². The predicted octanol–water partition coefficient (Wildman–Crippen LogP) is 4.35. The monoisotopic (exact) mass is 293 g/mol. The highest BCUT2D eigenvalue weighted by Gasteiger charge is 2.13. The van der Waals surface area contributed by atoms with Crippen molar-refractivity contribution in [1.82, 2.24) is 15.1 Å². The summed E-state index contributed by atoms with van der Waals surface area (Å²) in [7, 11) is 0. The summed E-state index contributed by atoms with van der Waals surface area (Å²) in [5.41, 5.74) is 2.62. The molecule has 21 heavy (non-hydrogen) atoms. The van der Waals surface area contributed by atoms with E-state index in [1.165, 1.54) is 49.9 Å². The molecule has 1 aromatic heterocycles. The summed E-state index contributed by atoms with van der Waals surface area (Å²) in [6.45, 7) is 10.9. The molecule has 0 saturated heterocycles. The lowest BCUT2D eigenvalue weighted by atomic mass is 10.0. The molecule has 0 aromatic carbocycles. The third-order valence-corrected chi connectivity index (χ3v) is 4.18. The molecule has 1 unspecified atom stereocenters. The fourth-order valence-corrected chi connectivity index (χ4v) is 2.94. The van der Waals surface area contributed by atoms with Crippen LogP contribution in [-0.2, 0) is 19.4 Å². The summed E-state index contributed by atoms with van der Waals surface area (Å²) in [6, 6.07) is 2.90. The van der Waals surface area contributed by atoms with Gasteiger partial charge < -0.3 is 5.32 Å². The maximum absolute atomic E-state index is 4.67. The van der Waals surface area contributed by atoms with Crippen molar-refractivity contribution in [3.05, 3.63) is 17.5 Å². The minimum atomic E-state index is 0.600. The molecule has 0 amide bonds. The fourth-order valence-electron chi connectivity index (χ4n) is 2.94. The number of nitrogens with one attached hydrogen (secondary N) is 1. The second-order valence-corrected chi connectivity index (χ2v) is 5.96.